The maximum absolute atomic E-state index is 13.6. The van der Waals surface area contributed by atoms with Gasteiger partial charge in [0.1, 0.15) is 11.2 Å². The number of pyridine rings is 2. The van der Waals surface area contributed by atoms with E-state index in [4.69, 9.17) is 0 Å². The van der Waals surface area contributed by atoms with Gasteiger partial charge in [0.15, 0.2) is 5.65 Å². The molecule has 184 valence electrons. The molecular formula is C27H18F3N5O2. The number of rotatable bonds is 5. The zero-order valence-electron chi connectivity index (χ0n) is 19.1. The summed E-state index contributed by atoms with van der Waals surface area (Å²) < 4.78 is 39.5. The van der Waals surface area contributed by atoms with Crippen LogP contribution in [-0.2, 0) is 11.2 Å². The van der Waals surface area contributed by atoms with Gasteiger partial charge in [0.05, 0.1) is 5.69 Å². The zero-order chi connectivity index (χ0) is 26.0. The van der Waals surface area contributed by atoms with Crippen LogP contribution in [0.2, 0.25) is 0 Å². The molecule has 1 N–H and O–H groups in total. The molecular weight excluding hydrogens is 483 g/mol. The number of halogens is 3. The van der Waals surface area contributed by atoms with Crippen molar-refractivity contribution >= 4 is 22.8 Å². The van der Waals surface area contributed by atoms with Crippen molar-refractivity contribution in [2.45, 2.75) is 12.6 Å². The lowest BCUT2D eigenvalue weighted by Gasteiger charge is -2.13. The Labute approximate surface area is 208 Å². The average Bonchev–Trinajstić information content (AvgIpc) is 2.89. The number of alkyl halides is 3. The molecule has 3 aromatic heterocycles. The lowest BCUT2D eigenvalue weighted by molar-refractivity contribution is -0.167. The number of hydrogen-bond donors (Lipinski definition) is 1. The highest BCUT2D eigenvalue weighted by Gasteiger charge is 2.38. The number of fused-ring (bicyclic) bond motifs is 1. The van der Waals surface area contributed by atoms with Crippen molar-refractivity contribution in [1.29, 1.82) is 0 Å². The van der Waals surface area contributed by atoms with E-state index >= 15 is 0 Å². The number of carbonyl (C=O) groups excluding carboxylic acids is 1. The first-order chi connectivity index (χ1) is 17.8. The van der Waals surface area contributed by atoms with Crippen LogP contribution in [0.25, 0.3) is 28.0 Å². The molecule has 5 aromatic rings. The van der Waals surface area contributed by atoms with Gasteiger partial charge in [0, 0.05) is 30.7 Å². The number of carbonyl (C=O) groups is 1. The molecule has 5 rings (SSSR count). The lowest BCUT2D eigenvalue weighted by Crippen LogP contribution is -2.29. The first-order valence-corrected chi connectivity index (χ1v) is 11.1. The highest BCUT2D eigenvalue weighted by Crippen LogP contribution is 2.26. The van der Waals surface area contributed by atoms with E-state index in [1.807, 2.05) is 11.4 Å². The molecule has 0 spiro atoms. The van der Waals surface area contributed by atoms with Crippen LogP contribution in [0.1, 0.15) is 11.3 Å². The van der Waals surface area contributed by atoms with Gasteiger partial charge in [-0.15, -0.1) is 0 Å². The Morgan fingerprint density at radius 3 is 2.43 bits per heavy atom. The Morgan fingerprint density at radius 2 is 1.68 bits per heavy atom. The quantitative estimate of drug-likeness (QED) is 0.369. The van der Waals surface area contributed by atoms with Crippen LogP contribution in [0, 0.1) is 0 Å². The summed E-state index contributed by atoms with van der Waals surface area (Å²) in [6.45, 7) is 0. The van der Waals surface area contributed by atoms with Crippen LogP contribution >= 0.6 is 0 Å². The molecule has 0 aliphatic carbocycles. The molecule has 37 heavy (non-hydrogen) atoms. The van der Waals surface area contributed by atoms with Crippen molar-refractivity contribution in [2.75, 3.05) is 5.32 Å². The van der Waals surface area contributed by atoms with Crippen molar-refractivity contribution < 1.29 is 18.0 Å². The number of nitrogens with one attached hydrogen (secondary N) is 1. The summed E-state index contributed by atoms with van der Waals surface area (Å²) in [5.74, 6) is -2.06. The second kappa shape index (κ2) is 9.65. The first kappa shape index (κ1) is 23.9. The zero-order valence-corrected chi connectivity index (χ0v) is 19.1. The molecule has 0 saturated heterocycles. The fraction of sp³-hybridized carbons (Fsp3) is 0.0741. The number of amides is 1. The molecule has 10 heteroatoms. The van der Waals surface area contributed by atoms with E-state index < -0.39 is 12.1 Å². The Kier molecular flexibility index (Phi) is 6.22. The molecule has 0 fully saturated rings. The summed E-state index contributed by atoms with van der Waals surface area (Å²) in [5, 5.41) is 1.86. The van der Waals surface area contributed by atoms with Crippen molar-refractivity contribution in [1.82, 2.24) is 19.5 Å². The standard InChI is InChI=1S/C27H18F3N5O2/c28-27(29,30)26(37)33-20-8-1-6-18(14-20)19-7-2-9-21(15-19)35-24-22(10-4-12-32-24)34-23(25(35)36)13-17-5-3-11-31-16-17/h1-12,14-16H,13H2,(H,33,37). The number of aromatic nitrogens is 4. The van der Waals surface area contributed by atoms with E-state index in [1.54, 1.807) is 67.1 Å². The summed E-state index contributed by atoms with van der Waals surface area (Å²) in [4.78, 5) is 38.0. The molecule has 0 saturated carbocycles. The normalized spacial score (nSPS) is 11.4. The number of hydrogen-bond acceptors (Lipinski definition) is 5. The minimum atomic E-state index is -5.00. The Balaban J connectivity index is 1.58. The SMILES string of the molecule is O=C(Nc1cccc(-c2cccc(-n3c(=O)c(Cc4cccnc4)nc4cccnc43)c2)c1)C(F)(F)F. The fourth-order valence-corrected chi connectivity index (χ4v) is 3.92. The maximum atomic E-state index is 13.6. The van der Waals surface area contributed by atoms with Gasteiger partial charge < -0.3 is 5.32 Å². The maximum Gasteiger partial charge on any atom is 0.471 e. The van der Waals surface area contributed by atoms with Crippen molar-refractivity contribution in [3.63, 3.8) is 0 Å². The minimum Gasteiger partial charge on any atom is -0.318 e. The molecule has 0 aliphatic heterocycles. The van der Waals surface area contributed by atoms with Crippen LogP contribution in [-0.4, -0.2) is 31.6 Å². The summed E-state index contributed by atoms with van der Waals surface area (Å²) in [6, 6.07) is 20.1. The van der Waals surface area contributed by atoms with Crippen LogP contribution in [0.4, 0.5) is 18.9 Å². The molecule has 0 aliphatic rings. The van der Waals surface area contributed by atoms with E-state index in [1.165, 1.54) is 22.8 Å². The predicted molar refractivity (Wildman–Crippen MR) is 132 cm³/mol. The third-order valence-electron chi connectivity index (χ3n) is 5.59. The van der Waals surface area contributed by atoms with Crippen molar-refractivity contribution in [2.24, 2.45) is 0 Å². The third kappa shape index (κ3) is 5.08. The van der Waals surface area contributed by atoms with Gasteiger partial charge in [0.25, 0.3) is 5.56 Å². The van der Waals surface area contributed by atoms with Gasteiger partial charge in [-0.2, -0.15) is 13.2 Å². The van der Waals surface area contributed by atoms with Crippen LogP contribution in [0.3, 0.4) is 0 Å². The average molecular weight is 501 g/mol. The molecule has 3 heterocycles. The van der Waals surface area contributed by atoms with Gasteiger partial charge in [0.2, 0.25) is 0 Å². The van der Waals surface area contributed by atoms with Crippen LogP contribution in [0.5, 0.6) is 0 Å². The largest absolute Gasteiger partial charge is 0.471 e. The van der Waals surface area contributed by atoms with Gasteiger partial charge in [-0.05, 0) is 59.2 Å². The molecule has 0 atom stereocenters. The van der Waals surface area contributed by atoms with Gasteiger partial charge >= 0.3 is 12.1 Å². The Morgan fingerprint density at radius 1 is 0.919 bits per heavy atom. The molecule has 2 aromatic carbocycles. The van der Waals surface area contributed by atoms with E-state index in [0.29, 0.717) is 33.7 Å². The number of nitrogens with zero attached hydrogens (tertiary/aromatic N) is 4. The summed E-state index contributed by atoms with van der Waals surface area (Å²) in [7, 11) is 0. The monoisotopic (exact) mass is 501 g/mol. The molecule has 0 bridgehead atoms. The minimum absolute atomic E-state index is 0.00261. The Hall–Kier alpha value is -4.86. The molecule has 0 unspecified atom stereocenters. The lowest BCUT2D eigenvalue weighted by atomic mass is 10.0. The number of anilines is 1. The van der Waals surface area contributed by atoms with E-state index in [2.05, 4.69) is 15.0 Å². The summed E-state index contributed by atoms with van der Waals surface area (Å²) in [6.07, 6.45) is 0.161. The molecule has 1 amide bonds. The number of benzene rings is 2. The Bertz CT molecular complexity index is 1670. The van der Waals surface area contributed by atoms with E-state index in [-0.39, 0.29) is 17.7 Å². The van der Waals surface area contributed by atoms with Gasteiger partial charge in [-0.25, -0.2) is 9.97 Å². The first-order valence-electron chi connectivity index (χ1n) is 11.1. The second-order valence-corrected chi connectivity index (χ2v) is 8.17. The van der Waals surface area contributed by atoms with E-state index in [0.717, 1.165) is 5.56 Å². The fourth-order valence-electron chi connectivity index (χ4n) is 3.92. The van der Waals surface area contributed by atoms with Crippen LogP contribution < -0.4 is 10.9 Å². The molecule has 7 nitrogen and oxygen atoms in total. The second-order valence-electron chi connectivity index (χ2n) is 8.17. The van der Waals surface area contributed by atoms with Gasteiger partial charge in [-0.3, -0.25) is 19.1 Å². The highest BCUT2D eigenvalue weighted by atomic mass is 19.4. The smallest absolute Gasteiger partial charge is 0.318 e. The molecule has 0 radical (unpaired) electrons. The van der Waals surface area contributed by atoms with Gasteiger partial charge in [-0.1, -0.05) is 30.3 Å². The summed E-state index contributed by atoms with van der Waals surface area (Å²) >= 11 is 0. The summed E-state index contributed by atoms with van der Waals surface area (Å²) in [5.41, 5.74) is 3.37. The van der Waals surface area contributed by atoms with E-state index in [9.17, 15) is 22.8 Å². The van der Waals surface area contributed by atoms with Crippen molar-refractivity contribution in [3.05, 3.63) is 113 Å². The third-order valence-corrected chi connectivity index (χ3v) is 5.59. The van der Waals surface area contributed by atoms with Crippen molar-refractivity contribution in [3.8, 4) is 16.8 Å². The topological polar surface area (TPSA) is 89.8 Å². The predicted octanol–water partition coefficient (Wildman–Crippen LogP) is 4.93. The highest BCUT2D eigenvalue weighted by molar-refractivity contribution is 5.95. The van der Waals surface area contributed by atoms with Crippen LogP contribution in [0.15, 0.2) is 96.2 Å².